The standard InChI is InChI=1S/C32H39N7O2/c1-20(22-7-5-8-22)34-17-23-13-26(37-28-27(23)41-18-31(28,2)3)29(40)36-25-10-6-9-24(14-25)32(15-21(16-32)11-12-33)30-38-35-19-39(30)4/h6,9-10,13-14,19-22,34H,5,7-8,11,15-18H2,1-4H3,(H,36,40)/t20-,21?,32?/m0/s1. The number of aryl methyl sites for hydroxylation is 1. The molecular formula is C32H39N7O2. The predicted molar refractivity (Wildman–Crippen MR) is 156 cm³/mol. The van der Waals surface area contributed by atoms with Crippen molar-refractivity contribution in [1.29, 1.82) is 5.26 Å². The Balaban J connectivity index is 1.26. The van der Waals surface area contributed by atoms with Gasteiger partial charge in [0.05, 0.1) is 23.8 Å². The van der Waals surface area contributed by atoms with Crippen LogP contribution in [0, 0.1) is 23.2 Å². The van der Waals surface area contributed by atoms with Gasteiger partial charge in [0.1, 0.15) is 23.6 Å². The average Bonchev–Trinajstić information content (AvgIpc) is 3.46. The number of hydrogen-bond acceptors (Lipinski definition) is 7. The molecule has 6 rings (SSSR count). The molecule has 0 bridgehead atoms. The Morgan fingerprint density at radius 1 is 1.27 bits per heavy atom. The maximum atomic E-state index is 13.6. The molecule has 1 amide bonds. The van der Waals surface area contributed by atoms with E-state index in [-0.39, 0.29) is 16.7 Å². The lowest BCUT2D eigenvalue weighted by Gasteiger charge is -2.46. The van der Waals surface area contributed by atoms with Gasteiger partial charge >= 0.3 is 0 Å². The van der Waals surface area contributed by atoms with Gasteiger partial charge in [-0.25, -0.2) is 4.98 Å². The molecule has 3 heterocycles. The molecule has 0 radical (unpaired) electrons. The summed E-state index contributed by atoms with van der Waals surface area (Å²) < 4.78 is 8.06. The lowest BCUT2D eigenvalue weighted by molar-refractivity contribution is 0.102. The monoisotopic (exact) mass is 553 g/mol. The first kappa shape index (κ1) is 27.4. The number of nitriles is 1. The van der Waals surface area contributed by atoms with Gasteiger partial charge in [-0.3, -0.25) is 4.79 Å². The van der Waals surface area contributed by atoms with E-state index in [1.165, 1.54) is 19.3 Å². The van der Waals surface area contributed by atoms with Gasteiger partial charge in [-0.05, 0) is 68.2 Å². The SMILES string of the molecule is C[C@H](NCc1cc(C(=O)Nc2cccc(C3(c4nncn4C)CC(CC#N)C3)c2)nc2c1OCC2(C)C)C1CCC1. The highest BCUT2D eigenvalue weighted by Crippen LogP contribution is 2.53. The molecule has 3 aromatic rings. The number of aromatic nitrogens is 4. The fraction of sp³-hybridized carbons (Fsp3) is 0.531. The number of ether oxygens (including phenoxy) is 1. The molecule has 2 fully saturated rings. The summed E-state index contributed by atoms with van der Waals surface area (Å²) in [5.41, 5.74) is 3.36. The molecule has 9 nitrogen and oxygen atoms in total. The molecule has 1 aliphatic heterocycles. The van der Waals surface area contributed by atoms with Crippen LogP contribution in [0.2, 0.25) is 0 Å². The summed E-state index contributed by atoms with van der Waals surface area (Å²) in [6.45, 7) is 7.64. The second-order valence-corrected chi connectivity index (χ2v) is 12.9. The molecule has 0 unspecified atom stereocenters. The second-order valence-electron chi connectivity index (χ2n) is 12.9. The minimum absolute atomic E-state index is 0.246. The zero-order chi connectivity index (χ0) is 28.8. The van der Waals surface area contributed by atoms with E-state index in [0.717, 1.165) is 41.2 Å². The first-order chi connectivity index (χ1) is 19.7. The first-order valence-corrected chi connectivity index (χ1v) is 14.7. The Kier molecular flexibility index (Phi) is 7.06. The van der Waals surface area contributed by atoms with Gasteiger partial charge < -0.3 is 19.9 Å². The van der Waals surface area contributed by atoms with Crippen LogP contribution in [0.5, 0.6) is 5.75 Å². The van der Waals surface area contributed by atoms with Crippen LogP contribution >= 0.6 is 0 Å². The molecular weight excluding hydrogens is 514 g/mol. The molecule has 3 aliphatic rings. The molecule has 9 heteroatoms. The Hall–Kier alpha value is -3.77. The van der Waals surface area contributed by atoms with Gasteiger partial charge in [0.25, 0.3) is 5.91 Å². The Labute approximate surface area is 241 Å². The quantitative estimate of drug-likeness (QED) is 0.382. The van der Waals surface area contributed by atoms with E-state index in [9.17, 15) is 10.1 Å². The second kappa shape index (κ2) is 10.6. The number of anilines is 1. The highest BCUT2D eigenvalue weighted by atomic mass is 16.5. The van der Waals surface area contributed by atoms with Crippen LogP contribution in [-0.4, -0.2) is 38.3 Å². The molecule has 1 aromatic carbocycles. The van der Waals surface area contributed by atoms with Crippen molar-refractivity contribution in [1.82, 2.24) is 25.1 Å². The number of rotatable bonds is 9. The molecule has 41 heavy (non-hydrogen) atoms. The Morgan fingerprint density at radius 2 is 2.07 bits per heavy atom. The fourth-order valence-corrected chi connectivity index (χ4v) is 6.70. The van der Waals surface area contributed by atoms with Crippen molar-refractivity contribution >= 4 is 11.6 Å². The summed E-state index contributed by atoms with van der Waals surface area (Å²) in [7, 11) is 1.95. The fourth-order valence-electron chi connectivity index (χ4n) is 6.70. The zero-order valence-corrected chi connectivity index (χ0v) is 24.4. The third kappa shape index (κ3) is 4.99. The van der Waals surface area contributed by atoms with Gasteiger partial charge in [-0.15, -0.1) is 10.2 Å². The highest BCUT2D eigenvalue weighted by molar-refractivity contribution is 6.03. The van der Waals surface area contributed by atoms with Crippen molar-refractivity contribution in [3.63, 3.8) is 0 Å². The minimum atomic E-state index is -0.337. The average molecular weight is 554 g/mol. The maximum Gasteiger partial charge on any atom is 0.274 e. The van der Waals surface area contributed by atoms with E-state index in [1.807, 2.05) is 35.9 Å². The third-order valence-corrected chi connectivity index (χ3v) is 9.44. The first-order valence-electron chi connectivity index (χ1n) is 14.7. The molecule has 0 saturated heterocycles. The van der Waals surface area contributed by atoms with Crippen LogP contribution in [0.3, 0.4) is 0 Å². The zero-order valence-electron chi connectivity index (χ0n) is 24.4. The molecule has 2 saturated carbocycles. The van der Waals surface area contributed by atoms with Gasteiger partial charge in [0, 0.05) is 42.7 Å². The highest BCUT2D eigenvalue weighted by Gasteiger charge is 2.49. The van der Waals surface area contributed by atoms with Crippen molar-refractivity contribution in [2.45, 2.75) is 82.7 Å². The van der Waals surface area contributed by atoms with E-state index in [2.05, 4.69) is 53.7 Å². The van der Waals surface area contributed by atoms with E-state index in [1.54, 1.807) is 6.33 Å². The largest absolute Gasteiger partial charge is 0.490 e. The third-order valence-electron chi connectivity index (χ3n) is 9.44. The number of nitrogens with one attached hydrogen (secondary N) is 2. The Morgan fingerprint density at radius 3 is 2.76 bits per heavy atom. The molecule has 2 aromatic heterocycles. The van der Waals surface area contributed by atoms with Crippen LogP contribution in [0.15, 0.2) is 36.7 Å². The number of carbonyl (C=O) groups excluding carboxylic acids is 1. The maximum absolute atomic E-state index is 13.6. The van der Waals surface area contributed by atoms with E-state index in [0.29, 0.717) is 48.8 Å². The lowest BCUT2D eigenvalue weighted by atomic mass is 9.57. The van der Waals surface area contributed by atoms with E-state index >= 15 is 0 Å². The van der Waals surface area contributed by atoms with Crippen molar-refractivity contribution in [2.75, 3.05) is 11.9 Å². The normalized spacial score (nSPS) is 23.4. The van der Waals surface area contributed by atoms with Crippen LogP contribution in [0.4, 0.5) is 5.69 Å². The number of hydrogen-bond donors (Lipinski definition) is 2. The number of fused-ring (bicyclic) bond motifs is 1. The van der Waals surface area contributed by atoms with Crippen molar-refractivity contribution < 1.29 is 9.53 Å². The number of pyridine rings is 1. The summed E-state index contributed by atoms with van der Waals surface area (Å²) in [6.07, 6.45) is 7.74. The van der Waals surface area contributed by atoms with Gasteiger partial charge in [-0.2, -0.15) is 5.26 Å². The van der Waals surface area contributed by atoms with Crippen molar-refractivity contribution in [3.05, 3.63) is 65.0 Å². The minimum Gasteiger partial charge on any atom is -0.490 e. The molecule has 2 N–H and O–H groups in total. The topological polar surface area (TPSA) is 118 Å². The number of benzene rings is 1. The number of carbonyl (C=O) groups is 1. The van der Waals surface area contributed by atoms with Crippen molar-refractivity contribution in [3.8, 4) is 11.8 Å². The summed E-state index contributed by atoms with van der Waals surface area (Å²) in [6, 6.07) is 12.6. The van der Waals surface area contributed by atoms with E-state index < -0.39 is 0 Å². The van der Waals surface area contributed by atoms with Gasteiger partial charge in [0.15, 0.2) is 0 Å². The molecule has 0 spiro atoms. The smallest absolute Gasteiger partial charge is 0.274 e. The van der Waals surface area contributed by atoms with Crippen LogP contribution in [0.1, 0.15) is 92.4 Å². The van der Waals surface area contributed by atoms with E-state index in [4.69, 9.17) is 9.72 Å². The van der Waals surface area contributed by atoms with Crippen molar-refractivity contribution in [2.24, 2.45) is 18.9 Å². The van der Waals surface area contributed by atoms with Crippen LogP contribution < -0.4 is 15.4 Å². The molecule has 214 valence electrons. The van der Waals surface area contributed by atoms with Gasteiger partial charge in [0.2, 0.25) is 0 Å². The predicted octanol–water partition coefficient (Wildman–Crippen LogP) is 5.02. The number of nitrogens with zero attached hydrogens (tertiary/aromatic N) is 5. The molecule has 1 atom stereocenters. The van der Waals surface area contributed by atoms with Crippen LogP contribution in [-0.2, 0) is 24.4 Å². The van der Waals surface area contributed by atoms with Gasteiger partial charge in [-0.1, -0.05) is 32.4 Å². The summed E-state index contributed by atoms with van der Waals surface area (Å²) in [5, 5.41) is 24.6. The Bertz CT molecular complexity index is 1490. The lowest BCUT2D eigenvalue weighted by Crippen LogP contribution is -2.44. The summed E-state index contributed by atoms with van der Waals surface area (Å²) in [4.78, 5) is 18.5. The molecule has 2 aliphatic carbocycles. The summed E-state index contributed by atoms with van der Waals surface area (Å²) >= 11 is 0. The van der Waals surface area contributed by atoms with Crippen LogP contribution in [0.25, 0.3) is 0 Å². The number of amides is 1. The summed E-state index contributed by atoms with van der Waals surface area (Å²) in [5.74, 6) is 2.48.